The Morgan fingerprint density at radius 2 is 2.25 bits per heavy atom. The van der Waals surface area contributed by atoms with Crippen molar-refractivity contribution in [2.75, 3.05) is 0 Å². The highest BCUT2D eigenvalue weighted by atomic mass is 127. The molecule has 62 valence electrons. The van der Waals surface area contributed by atoms with Crippen LogP contribution >= 0.6 is 22.6 Å². The van der Waals surface area contributed by atoms with Crippen molar-refractivity contribution in [1.29, 1.82) is 5.26 Å². The zero-order valence-electron chi connectivity index (χ0n) is 5.76. The molecule has 0 N–H and O–H groups in total. The normalized spacial score (nSPS) is 9.92. The third-order valence-electron chi connectivity index (χ3n) is 1.23. The number of hydrogen-bond acceptors (Lipinski definition) is 2. The zero-order valence-corrected chi connectivity index (χ0v) is 7.92. The molecule has 12 heavy (non-hydrogen) atoms. The van der Waals surface area contributed by atoms with Gasteiger partial charge in [-0.1, -0.05) is 0 Å². The molecule has 0 atom stereocenters. The van der Waals surface area contributed by atoms with Gasteiger partial charge in [0.15, 0.2) is 0 Å². The smallest absolute Gasteiger partial charge is 0.244 e. The fraction of sp³-hybridized carbons (Fsp3) is 0.143. The van der Waals surface area contributed by atoms with E-state index in [2.05, 4.69) is 4.98 Å². The molecule has 0 aliphatic carbocycles. The fourth-order valence-electron chi connectivity index (χ4n) is 0.683. The summed E-state index contributed by atoms with van der Waals surface area (Å²) in [4.78, 5) is 3.64. The Morgan fingerprint density at radius 1 is 1.58 bits per heavy atom. The Morgan fingerprint density at radius 3 is 2.75 bits per heavy atom. The molecule has 0 radical (unpaired) electrons. The van der Waals surface area contributed by atoms with Gasteiger partial charge in [-0.05, 0) is 28.7 Å². The first kappa shape index (κ1) is 9.32. The summed E-state index contributed by atoms with van der Waals surface area (Å²) in [6.45, 7) is 0. The summed E-state index contributed by atoms with van der Waals surface area (Å²) in [6, 6.07) is 2.81. The lowest BCUT2D eigenvalue weighted by Gasteiger charge is -2.01. The van der Waals surface area contributed by atoms with E-state index in [-0.39, 0.29) is 11.3 Å². The number of rotatable bonds is 1. The van der Waals surface area contributed by atoms with Gasteiger partial charge in [0.25, 0.3) is 6.43 Å². The van der Waals surface area contributed by atoms with Crippen LogP contribution in [-0.4, -0.2) is 4.98 Å². The molecule has 0 spiro atoms. The third kappa shape index (κ3) is 1.88. The van der Waals surface area contributed by atoms with Gasteiger partial charge in [0.1, 0.15) is 11.8 Å². The lowest BCUT2D eigenvalue weighted by atomic mass is 10.2. The number of aromatic nitrogens is 1. The molecule has 0 unspecified atom stereocenters. The van der Waals surface area contributed by atoms with Crippen LogP contribution in [0.2, 0.25) is 0 Å². The summed E-state index contributed by atoms with van der Waals surface area (Å²) in [7, 11) is 0. The number of alkyl halides is 2. The molecule has 0 bridgehead atoms. The van der Waals surface area contributed by atoms with Crippen molar-refractivity contribution in [2.45, 2.75) is 6.43 Å². The molecule has 0 aliphatic rings. The maximum absolute atomic E-state index is 12.2. The molecule has 2 nitrogen and oxygen atoms in total. The minimum Gasteiger partial charge on any atom is -0.244 e. The van der Waals surface area contributed by atoms with Gasteiger partial charge in [0.2, 0.25) is 0 Å². The van der Waals surface area contributed by atoms with Crippen molar-refractivity contribution < 1.29 is 8.78 Å². The van der Waals surface area contributed by atoms with Gasteiger partial charge in [-0.25, -0.2) is 13.8 Å². The molecule has 0 amide bonds. The standard InChI is InChI=1S/C7H3F2IN2/c8-7(9)5-1-4(2-11)12-3-6(5)10/h1,3,7H. The molecular weight excluding hydrogens is 277 g/mol. The zero-order chi connectivity index (χ0) is 9.14. The molecule has 0 aromatic carbocycles. The molecule has 5 heteroatoms. The quantitative estimate of drug-likeness (QED) is 0.741. The number of nitriles is 1. The van der Waals surface area contributed by atoms with Crippen LogP contribution in [0.5, 0.6) is 0 Å². The van der Waals surface area contributed by atoms with Crippen LogP contribution in [0.25, 0.3) is 0 Å². The van der Waals surface area contributed by atoms with Gasteiger partial charge in [0.05, 0.1) is 0 Å². The summed E-state index contributed by atoms with van der Waals surface area (Å²) in [5, 5.41) is 8.37. The van der Waals surface area contributed by atoms with Gasteiger partial charge in [0, 0.05) is 15.3 Å². The van der Waals surface area contributed by atoms with E-state index in [1.807, 2.05) is 0 Å². The SMILES string of the molecule is N#Cc1cc(C(F)F)c(I)cn1. The summed E-state index contributed by atoms with van der Waals surface area (Å²) in [5.41, 5.74) is -0.118. The molecule has 0 saturated heterocycles. The van der Waals surface area contributed by atoms with Crippen LogP contribution in [0.3, 0.4) is 0 Å². The second-order valence-corrected chi connectivity index (χ2v) is 3.17. The van der Waals surface area contributed by atoms with E-state index in [1.165, 1.54) is 6.20 Å². The Hall–Kier alpha value is -0.770. The largest absolute Gasteiger partial charge is 0.265 e. The van der Waals surface area contributed by atoms with Crippen molar-refractivity contribution in [3.8, 4) is 6.07 Å². The second kappa shape index (κ2) is 3.76. The Labute approximate surface area is 81.4 Å². The average Bonchev–Trinajstić information content (AvgIpc) is 2.05. The number of pyridine rings is 1. The average molecular weight is 280 g/mol. The third-order valence-corrected chi connectivity index (χ3v) is 2.14. The molecule has 0 fully saturated rings. The predicted octanol–water partition coefficient (Wildman–Crippen LogP) is 2.50. The van der Waals surface area contributed by atoms with Crippen LogP contribution in [0, 0.1) is 14.9 Å². The maximum Gasteiger partial charge on any atom is 0.265 e. The highest BCUT2D eigenvalue weighted by Gasteiger charge is 2.12. The summed E-state index contributed by atoms with van der Waals surface area (Å²) < 4.78 is 24.8. The molecule has 1 aromatic rings. The Balaban J connectivity index is 3.19. The van der Waals surface area contributed by atoms with Crippen LogP contribution in [0.15, 0.2) is 12.3 Å². The minimum atomic E-state index is -2.55. The van der Waals surface area contributed by atoms with Crippen molar-refractivity contribution in [3.05, 3.63) is 27.1 Å². The van der Waals surface area contributed by atoms with E-state index >= 15 is 0 Å². The number of halogens is 3. The van der Waals surface area contributed by atoms with Crippen LogP contribution in [-0.2, 0) is 0 Å². The predicted molar refractivity (Wildman–Crippen MR) is 46.6 cm³/mol. The summed E-state index contributed by atoms with van der Waals surface area (Å²) in [5.74, 6) is 0. The molecule has 1 aromatic heterocycles. The first-order chi connectivity index (χ1) is 5.65. The number of nitrogens with zero attached hydrogens (tertiary/aromatic N) is 2. The van der Waals surface area contributed by atoms with Crippen molar-refractivity contribution in [3.63, 3.8) is 0 Å². The molecule has 1 heterocycles. The second-order valence-electron chi connectivity index (χ2n) is 2.00. The summed E-state index contributed by atoms with van der Waals surface area (Å²) >= 11 is 1.76. The molecule has 1 rings (SSSR count). The van der Waals surface area contributed by atoms with E-state index in [9.17, 15) is 8.78 Å². The molecule has 0 aliphatic heterocycles. The van der Waals surface area contributed by atoms with Gasteiger partial charge >= 0.3 is 0 Å². The molecular formula is C7H3F2IN2. The Bertz CT molecular complexity index is 333. The lowest BCUT2D eigenvalue weighted by molar-refractivity contribution is 0.150. The fourth-order valence-corrected chi connectivity index (χ4v) is 1.21. The van der Waals surface area contributed by atoms with Gasteiger partial charge < -0.3 is 0 Å². The van der Waals surface area contributed by atoms with Crippen LogP contribution in [0.4, 0.5) is 8.78 Å². The van der Waals surface area contributed by atoms with Crippen molar-refractivity contribution >= 4 is 22.6 Å². The first-order valence-corrected chi connectivity index (χ1v) is 4.06. The van der Waals surface area contributed by atoms with Crippen LogP contribution in [0.1, 0.15) is 17.7 Å². The summed E-state index contributed by atoms with van der Waals surface area (Å²) in [6.07, 6.45) is -1.28. The van der Waals surface area contributed by atoms with Crippen molar-refractivity contribution in [2.24, 2.45) is 0 Å². The highest BCUT2D eigenvalue weighted by molar-refractivity contribution is 14.1. The van der Waals surface area contributed by atoms with Gasteiger partial charge in [-0.15, -0.1) is 0 Å². The van der Waals surface area contributed by atoms with Gasteiger partial charge in [-0.3, -0.25) is 0 Å². The van der Waals surface area contributed by atoms with Crippen LogP contribution < -0.4 is 0 Å². The monoisotopic (exact) mass is 280 g/mol. The Kier molecular flexibility index (Phi) is 2.92. The highest BCUT2D eigenvalue weighted by Crippen LogP contribution is 2.23. The van der Waals surface area contributed by atoms with E-state index in [1.54, 1.807) is 28.7 Å². The molecule has 0 saturated carbocycles. The maximum atomic E-state index is 12.2. The topological polar surface area (TPSA) is 36.7 Å². The van der Waals surface area contributed by atoms with E-state index in [0.29, 0.717) is 3.57 Å². The first-order valence-electron chi connectivity index (χ1n) is 2.99. The van der Waals surface area contributed by atoms with E-state index < -0.39 is 6.43 Å². The van der Waals surface area contributed by atoms with E-state index in [4.69, 9.17) is 5.26 Å². The minimum absolute atomic E-state index is 0.0192. The lowest BCUT2D eigenvalue weighted by Crippen LogP contribution is -1.93. The van der Waals surface area contributed by atoms with Crippen molar-refractivity contribution in [1.82, 2.24) is 4.98 Å². The van der Waals surface area contributed by atoms with E-state index in [0.717, 1.165) is 6.07 Å². The number of hydrogen-bond donors (Lipinski definition) is 0. The van der Waals surface area contributed by atoms with Gasteiger partial charge in [-0.2, -0.15) is 5.26 Å².